The van der Waals surface area contributed by atoms with Crippen LogP contribution in [0.25, 0.3) is 0 Å². The number of sulfonamides is 2. The van der Waals surface area contributed by atoms with Gasteiger partial charge in [0.15, 0.2) is 0 Å². The van der Waals surface area contributed by atoms with Gasteiger partial charge in [-0.25, -0.2) is 45.7 Å². The molecule has 10 rings (SSSR count). The second-order valence-corrected chi connectivity index (χ2v) is 27.5. The van der Waals surface area contributed by atoms with E-state index in [1.54, 1.807) is 26.0 Å². The summed E-state index contributed by atoms with van der Waals surface area (Å²) in [6.45, 7) is 11.8. The first-order valence-corrected chi connectivity index (χ1v) is 32.4. The summed E-state index contributed by atoms with van der Waals surface area (Å²) in [6, 6.07) is 23.6. The van der Waals surface area contributed by atoms with Gasteiger partial charge >= 0.3 is 12.1 Å². The third-order valence-electron chi connectivity index (χ3n) is 14.3. The van der Waals surface area contributed by atoms with Crippen molar-refractivity contribution in [1.29, 1.82) is 0 Å². The maximum Gasteiger partial charge on any atom is 0.333 e. The number of urea groups is 2. The molecular weight excluding hydrogens is 1180 g/mol. The number of carbonyl (C=O) groups is 6. The summed E-state index contributed by atoms with van der Waals surface area (Å²) in [5.74, 6) is -1.56. The van der Waals surface area contributed by atoms with Crippen molar-refractivity contribution >= 4 is 136 Å². The van der Waals surface area contributed by atoms with Gasteiger partial charge in [0.05, 0.1) is 34.3 Å². The van der Waals surface area contributed by atoms with E-state index in [4.69, 9.17) is 23.2 Å². The van der Waals surface area contributed by atoms with Crippen LogP contribution in [-0.2, 0) is 42.5 Å². The van der Waals surface area contributed by atoms with Crippen LogP contribution in [0, 0.1) is 13.8 Å². The third kappa shape index (κ3) is 15.3. The average molecular weight is 1250 g/mol. The zero-order valence-electron chi connectivity index (χ0n) is 45.5. The quantitative estimate of drug-likeness (QED) is 0.0346. The number of amides is 8. The molecule has 0 spiro atoms. The van der Waals surface area contributed by atoms with Crippen molar-refractivity contribution in [3.05, 3.63) is 139 Å². The van der Waals surface area contributed by atoms with Gasteiger partial charge in [-0.15, -0.1) is 22.7 Å². The van der Waals surface area contributed by atoms with E-state index >= 15 is 0 Å². The van der Waals surface area contributed by atoms with Gasteiger partial charge in [0, 0.05) is 56.7 Å². The van der Waals surface area contributed by atoms with Crippen molar-refractivity contribution in [3.63, 3.8) is 0 Å². The molecule has 0 radical (unpaired) electrons. The summed E-state index contributed by atoms with van der Waals surface area (Å²) in [7, 11) is -8.19. The second-order valence-electron chi connectivity index (χ2n) is 20.3. The fraction of sp³-hybridized carbons (Fsp3) is 0.333. The predicted molar refractivity (Wildman–Crippen MR) is 326 cm³/mol. The van der Waals surface area contributed by atoms with Crippen molar-refractivity contribution in [3.8, 4) is 0 Å². The zero-order chi connectivity index (χ0) is 59.0. The Morgan fingerprint density at radius 3 is 1.23 bits per heavy atom. The first-order valence-electron chi connectivity index (χ1n) is 27.0. The number of halogens is 2. The number of aryl methyl sites for hydroxylation is 2. The van der Waals surface area contributed by atoms with E-state index in [2.05, 4.69) is 31.1 Å². The Hall–Kier alpha value is -6.90. The minimum absolute atomic E-state index is 0.0753. The molecule has 2 saturated heterocycles. The molecule has 6 N–H and O–H groups in total. The van der Waals surface area contributed by atoms with Crippen LogP contribution in [0.15, 0.2) is 105 Å². The van der Waals surface area contributed by atoms with E-state index in [0.717, 1.165) is 82.9 Å². The molecule has 6 heterocycles. The minimum Gasteiger partial charge on any atom is -0.385 e. The Bertz CT molecular complexity index is 3620. The van der Waals surface area contributed by atoms with Gasteiger partial charge in [-0.05, 0) is 200 Å². The monoisotopic (exact) mass is 1240 g/mol. The number of piperidine rings is 1. The number of fused-ring (bicyclic) bond motifs is 2. The normalized spacial score (nSPS) is 15.7. The van der Waals surface area contributed by atoms with Gasteiger partial charge in [0.25, 0.3) is 31.9 Å². The summed E-state index contributed by atoms with van der Waals surface area (Å²) < 4.78 is 53.6. The summed E-state index contributed by atoms with van der Waals surface area (Å²) in [5.41, 5.74) is 5.29. The Morgan fingerprint density at radius 2 is 0.867 bits per heavy atom. The number of thiophene rings is 2. The number of anilines is 6. The Kier molecular flexibility index (Phi) is 19.6. The zero-order valence-corrected chi connectivity index (χ0v) is 50.3. The standard InChI is InChI=1S/C29H32ClN5O5S2.C28H30ClN5O5S2/c1-19-25(30)18-27(41-19)42(39,40)33-29(38)32-21-6-9-23(10-7-21)35-26(36)17-20-16-22(8-11-24(20)28(35)37)31-12-5-15-34-13-3-2-4-14-34;1-18-24(29)17-26(40-18)41(38,39)32-28(37)31-20-5-8-22(9-6-20)34-25(35)16-19-15-21(7-10-23(19)27(34)36)30-11-4-14-33-12-2-3-13-33/h6-11,16,18,31H,2-5,12-15,17H2,1H3,(H2,32,33,38);5-10,15,17,30H,2-4,11-14,16H2,1H3,(H2,31,32,37). The van der Waals surface area contributed by atoms with Crippen LogP contribution in [0.3, 0.4) is 0 Å². The lowest BCUT2D eigenvalue weighted by molar-refractivity contribution is -0.118. The third-order valence-corrected chi connectivity index (χ3v) is 21.0. The van der Waals surface area contributed by atoms with Gasteiger partial charge in [-0.2, -0.15) is 0 Å². The van der Waals surface area contributed by atoms with E-state index in [1.807, 2.05) is 33.7 Å². The van der Waals surface area contributed by atoms with Gasteiger partial charge < -0.3 is 31.1 Å². The number of likely N-dealkylation sites (tertiary alicyclic amines) is 2. The van der Waals surface area contributed by atoms with Crippen LogP contribution in [-0.4, -0.2) is 115 Å². The summed E-state index contributed by atoms with van der Waals surface area (Å²) in [5, 5.41) is 12.3. The highest BCUT2D eigenvalue weighted by Crippen LogP contribution is 2.33. The largest absolute Gasteiger partial charge is 0.385 e. The lowest BCUT2D eigenvalue weighted by atomic mass is 9.97. The minimum atomic E-state index is -4.10. The molecule has 4 aliphatic heterocycles. The van der Waals surface area contributed by atoms with Crippen LogP contribution >= 0.6 is 45.9 Å². The summed E-state index contributed by atoms with van der Waals surface area (Å²) in [6.07, 6.45) is 8.61. The van der Waals surface area contributed by atoms with Crippen molar-refractivity contribution in [2.24, 2.45) is 0 Å². The van der Waals surface area contributed by atoms with Crippen LogP contribution in [0.5, 0.6) is 0 Å². The number of hydrogen-bond acceptors (Lipinski definition) is 16. The van der Waals surface area contributed by atoms with Gasteiger partial charge in [-0.1, -0.05) is 29.6 Å². The molecular formula is C57H62Cl2N10O10S4. The van der Waals surface area contributed by atoms with E-state index in [-0.39, 0.29) is 44.4 Å². The van der Waals surface area contributed by atoms with E-state index in [0.29, 0.717) is 53.4 Å². The van der Waals surface area contributed by atoms with Gasteiger partial charge in [0.1, 0.15) is 8.42 Å². The molecule has 2 aromatic heterocycles. The van der Waals surface area contributed by atoms with E-state index in [9.17, 15) is 45.6 Å². The molecule has 0 unspecified atom stereocenters. The van der Waals surface area contributed by atoms with Crippen molar-refractivity contribution in [2.45, 2.75) is 80.1 Å². The van der Waals surface area contributed by atoms with Gasteiger partial charge in [-0.3, -0.25) is 19.2 Å². The van der Waals surface area contributed by atoms with Gasteiger partial charge in [0.2, 0.25) is 11.8 Å². The van der Waals surface area contributed by atoms with Crippen LogP contribution in [0.1, 0.15) is 86.5 Å². The maximum atomic E-state index is 13.3. The first kappa shape index (κ1) is 60.7. The first-order chi connectivity index (χ1) is 39.7. The highest BCUT2D eigenvalue weighted by Gasteiger charge is 2.34. The van der Waals surface area contributed by atoms with Crippen LogP contribution in [0.2, 0.25) is 10.0 Å². The molecule has 4 aliphatic rings. The maximum absolute atomic E-state index is 13.3. The highest BCUT2D eigenvalue weighted by molar-refractivity contribution is 7.92. The number of carbonyl (C=O) groups excluding carboxylic acids is 6. The van der Waals surface area contributed by atoms with Crippen molar-refractivity contribution in [2.75, 3.05) is 83.4 Å². The molecule has 2 fully saturated rings. The number of imide groups is 2. The van der Waals surface area contributed by atoms with Crippen molar-refractivity contribution < 1.29 is 45.6 Å². The van der Waals surface area contributed by atoms with Crippen LogP contribution in [0.4, 0.5) is 43.7 Å². The predicted octanol–water partition coefficient (Wildman–Crippen LogP) is 10.1. The molecule has 6 aromatic rings. The molecule has 438 valence electrons. The number of nitrogens with one attached hydrogen (secondary N) is 6. The molecule has 8 amide bonds. The topological polar surface area (TPSA) is 256 Å². The molecule has 0 bridgehead atoms. The summed E-state index contributed by atoms with van der Waals surface area (Å²) >= 11 is 13.8. The molecule has 20 nitrogen and oxygen atoms in total. The molecule has 0 atom stereocenters. The second kappa shape index (κ2) is 26.8. The van der Waals surface area contributed by atoms with E-state index in [1.165, 1.54) is 119 Å². The van der Waals surface area contributed by atoms with Crippen molar-refractivity contribution in [1.82, 2.24) is 19.2 Å². The fourth-order valence-corrected chi connectivity index (χ4v) is 15.2. The average Bonchev–Trinajstić information content (AvgIpc) is 4.11. The number of nitrogens with zero attached hydrogens (tertiary/aromatic N) is 4. The highest BCUT2D eigenvalue weighted by atomic mass is 35.5. The molecule has 26 heteroatoms. The number of benzene rings is 4. The lowest BCUT2D eigenvalue weighted by Gasteiger charge is -2.27. The number of rotatable bonds is 18. The lowest BCUT2D eigenvalue weighted by Crippen LogP contribution is -2.42. The Labute approximate surface area is 500 Å². The molecule has 83 heavy (non-hydrogen) atoms. The SMILES string of the molecule is Cc1sc(S(=O)(=O)NC(=O)Nc2ccc(N3C(=O)Cc4cc(NCCCN5CCCC5)ccc4C3=O)cc2)cc1Cl.Cc1sc(S(=O)(=O)NC(=O)Nc2ccc(N3C(=O)Cc4cc(NCCCN5CCCCC5)ccc4C3=O)cc2)cc1Cl. The Balaban J connectivity index is 0.000000200. The number of hydrogen-bond donors (Lipinski definition) is 6. The fourth-order valence-electron chi connectivity index (χ4n) is 10.0. The van der Waals surface area contributed by atoms with E-state index < -0.39 is 43.9 Å². The Morgan fingerprint density at radius 1 is 0.506 bits per heavy atom. The molecule has 0 saturated carbocycles. The summed E-state index contributed by atoms with van der Waals surface area (Å²) in [4.78, 5) is 85.6. The molecule has 4 aromatic carbocycles. The smallest absolute Gasteiger partial charge is 0.333 e. The molecule has 0 aliphatic carbocycles. The van der Waals surface area contributed by atoms with Crippen LogP contribution < -0.4 is 40.5 Å².